The SMILES string of the molecule is CCN(CC)c1nc(NCc2ccc(OC)cc2)c2cnn(C)c2n1. The van der Waals surface area contributed by atoms with E-state index in [2.05, 4.69) is 34.1 Å². The lowest BCUT2D eigenvalue weighted by Crippen LogP contribution is -2.24. The number of benzene rings is 1. The highest BCUT2D eigenvalue weighted by atomic mass is 16.5. The lowest BCUT2D eigenvalue weighted by atomic mass is 10.2. The number of rotatable bonds is 7. The number of hydrogen-bond donors (Lipinski definition) is 1. The number of nitrogens with one attached hydrogen (secondary N) is 1. The van der Waals surface area contributed by atoms with Gasteiger partial charge in [-0.3, -0.25) is 4.68 Å². The zero-order valence-electron chi connectivity index (χ0n) is 15.2. The van der Waals surface area contributed by atoms with Gasteiger partial charge in [-0.05, 0) is 31.5 Å². The van der Waals surface area contributed by atoms with E-state index in [1.54, 1.807) is 18.0 Å². The summed E-state index contributed by atoms with van der Waals surface area (Å²) in [5.41, 5.74) is 1.98. The summed E-state index contributed by atoms with van der Waals surface area (Å²) in [6, 6.07) is 7.99. The highest BCUT2D eigenvalue weighted by Gasteiger charge is 2.14. The van der Waals surface area contributed by atoms with Crippen molar-refractivity contribution in [2.45, 2.75) is 20.4 Å². The molecular weight excluding hydrogens is 316 g/mol. The molecule has 1 N–H and O–H groups in total. The van der Waals surface area contributed by atoms with Crippen LogP contribution in [0.2, 0.25) is 0 Å². The molecule has 0 saturated heterocycles. The van der Waals surface area contributed by atoms with Crippen molar-refractivity contribution in [2.24, 2.45) is 7.05 Å². The van der Waals surface area contributed by atoms with Crippen LogP contribution in [0.5, 0.6) is 5.75 Å². The fraction of sp³-hybridized carbons (Fsp3) is 0.389. The van der Waals surface area contributed by atoms with Gasteiger partial charge >= 0.3 is 0 Å². The highest BCUT2D eigenvalue weighted by Crippen LogP contribution is 2.24. The van der Waals surface area contributed by atoms with Gasteiger partial charge in [-0.1, -0.05) is 12.1 Å². The van der Waals surface area contributed by atoms with Crippen molar-refractivity contribution in [2.75, 3.05) is 30.4 Å². The molecule has 0 aliphatic carbocycles. The standard InChI is InChI=1S/C18H24N6O/c1-5-24(6-2)18-21-16(15-12-20-23(3)17(15)22-18)19-11-13-7-9-14(25-4)10-8-13/h7-10,12H,5-6,11H2,1-4H3,(H,19,21,22). The summed E-state index contributed by atoms with van der Waals surface area (Å²) >= 11 is 0. The monoisotopic (exact) mass is 340 g/mol. The Morgan fingerprint density at radius 1 is 1.12 bits per heavy atom. The van der Waals surface area contributed by atoms with E-state index in [0.717, 1.165) is 47.2 Å². The van der Waals surface area contributed by atoms with Crippen molar-refractivity contribution in [1.29, 1.82) is 0 Å². The first-order chi connectivity index (χ1) is 12.2. The van der Waals surface area contributed by atoms with E-state index in [0.29, 0.717) is 6.54 Å². The van der Waals surface area contributed by atoms with E-state index in [1.165, 1.54) is 0 Å². The van der Waals surface area contributed by atoms with Gasteiger partial charge in [0.1, 0.15) is 11.6 Å². The first-order valence-electron chi connectivity index (χ1n) is 8.47. The van der Waals surface area contributed by atoms with Crippen LogP contribution >= 0.6 is 0 Å². The van der Waals surface area contributed by atoms with E-state index < -0.39 is 0 Å². The third-order valence-electron chi connectivity index (χ3n) is 4.25. The van der Waals surface area contributed by atoms with Gasteiger partial charge < -0.3 is 15.0 Å². The van der Waals surface area contributed by atoms with Crippen LogP contribution in [0.1, 0.15) is 19.4 Å². The molecule has 1 aromatic carbocycles. The molecule has 0 bridgehead atoms. The van der Waals surface area contributed by atoms with Gasteiger partial charge in [0.15, 0.2) is 5.65 Å². The molecule has 0 spiro atoms. The second kappa shape index (κ2) is 7.38. The van der Waals surface area contributed by atoms with Gasteiger partial charge in [-0.2, -0.15) is 15.1 Å². The molecule has 0 saturated carbocycles. The van der Waals surface area contributed by atoms with Crippen molar-refractivity contribution < 1.29 is 4.74 Å². The van der Waals surface area contributed by atoms with Crippen LogP contribution in [0, 0.1) is 0 Å². The Kier molecular flexibility index (Phi) is 5.02. The molecule has 0 unspecified atom stereocenters. The van der Waals surface area contributed by atoms with Gasteiger partial charge in [0.05, 0.1) is 18.7 Å². The highest BCUT2D eigenvalue weighted by molar-refractivity contribution is 5.87. The molecule has 0 radical (unpaired) electrons. The fourth-order valence-electron chi connectivity index (χ4n) is 2.72. The average Bonchev–Trinajstić information content (AvgIpc) is 3.02. The third kappa shape index (κ3) is 3.50. The molecule has 7 heteroatoms. The molecule has 3 rings (SSSR count). The Morgan fingerprint density at radius 2 is 1.84 bits per heavy atom. The summed E-state index contributed by atoms with van der Waals surface area (Å²) in [7, 11) is 3.57. The second-order valence-electron chi connectivity index (χ2n) is 5.75. The van der Waals surface area contributed by atoms with Crippen molar-refractivity contribution in [3.8, 4) is 5.75 Å². The van der Waals surface area contributed by atoms with Gasteiger partial charge in [-0.15, -0.1) is 0 Å². The number of aryl methyl sites for hydroxylation is 1. The minimum absolute atomic E-state index is 0.669. The van der Waals surface area contributed by atoms with E-state index in [1.807, 2.05) is 31.3 Å². The maximum atomic E-state index is 5.20. The molecule has 0 atom stereocenters. The molecule has 25 heavy (non-hydrogen) atoms. The van der Waals surface area contributed by atoms with Gasteiger partial charge in [0, 0.05) is 26.7 Å². The quantitative estimate of drug-likeness (QED) is 0.713. The van der Waals surface area contributed by atoms with Crippen LogP contribution < -0.4 is 15.0 Å². The average molecular weight is 340 g/mol. The predicted molar refractivity (Wildman–Crippen MR) is 100 cm³/mol. The number of nitrogens with zero attached hydrogens (tertiary/aromatic N) is 5. The number of aromatic nitrogens is 4. The normalized spacial score (nSPS) is 10.9. The van der Waals surface area contributed by atoms with Crippen LogP contribution in [0.3, 0.4) is 0 Å². The molecule has 7 nitrogen and oxygen atoms in total. The molecule has 2 aromatic heterocycles. The topological polar surface area (TPSA) is 68.1 Å². The van der Waals surface area contributed by atoms with E-state index >= 15 is 0 Å². The summed E-state index contributed by atoms with van der Waals surface area (Å²) < 4.78 is 6.98. The largest absolute Gasteiger partial charge is 0.497 e. The lowest BCUT2D eigenvalue weighted by Gasteiger charge is -2.19. The van der Waals surface area contributed by atoms with Crippen molar-refractivity contribution in [1.82, 2.24) is 19.7 Å². The third-order valence-corrected chi connectivity index (χ3v) is 4.25. The molecule has 2 heterocycles. The molecule has 0 amide bonds. The molecule has 0 aliphatic heterocycles. The molecule has 3 aromatic rings. The van der Waals surface area contributed by atoms with Crippen LogP contribution in [-0.2, 0) is 13.6 Å². The summed E-state index contributed by atoms with van der Waals surface area (Å²) in [5, 5.41) is 8.67. The van der Waals surface area contributed by atoms with Crippen LogP contribution in [0.15, 0.2) is 30.5 Å². The van der Waals surface area contributed by atoms with Crippen molar-refractivity contribution in [3.05, 3.63) is 36.0 Å². The smallest absolute Gasteiger partial charge is 0.229 e. The lowest BCUT2D eigenvalue weighted by molar-refractivity contribution is 0.414. The maximum Gasteiger partial charge on any atom is 0.229 e. The van der Waals surface area contributed by atoms with Crippen LogP contribution in [-0.4, -0.2) is 39.9 Å². The Bertz CT molecular complexity index is 839. The number of ether oxygens (including phenoxy) is 1. The zero-order chi connectivity index (χ0) is 17.8. The van der Waals surface area contributed by atoms with Gasteiger partial charge in [-0.25, -0.2) is 0 Å². The number of fused-ring (bicyclic) bond motifs is 1. The first kappa shape index (κ1) is 17.0. The zero-order valence-corrected chi connectivity index (χ0v) is 15.2. The minimum Gasteiger partial charge on any atom is -0.497 e. The van der Waals surface area contributed by atoms with Crippen LogP contribution in [0.4, 0.5) is 11.8 Å². The molecule has 0 aliphatic rings. The minimum atomic E-state index is 0.669. The van der Waals surface area contributed by atoms with Crippen LogP contribution in [0.25, 0.3) is 11.0 Å². The van der Waals surface area contributed by atoms with Crippen molar-refractivity contribution >= 4 is 22.8 Å². The number of anilines is 2. The molecular formula is C18H24N6O. The van der Waals surface area contributed by atoms with E-state index in [9.17, 15) is 0 Å². The number of methoxy groups -OCH3 is 1. The molecule has 132 valence electrons. The Morgan fingerprint density at radius 3 is 2.48 bits per heavy atom. The Hall–Kier alpha value is -2.83. The summed E-state index contributed by atoms with van der Waals surface area (Å²) in [6.07, 6.45) is 1.80. The first-order valence-corrected chi connectivity index (χ1v) is 8.47. The van der Waals surface area contributed by atoms with Gasteiger partial charge in [0.2, 0.25) is 5.95 Å². The Labute approximate surface area is 147 Å². The maximum absolute atomic E-state index is 5.20. The van der Waals surface area contributed by atoms with Gasteiger partial charge in [0.25, 0.3) is 0 Å². The summed E-state index contributed by atoms with van der Waals surface area (Å²) in [4.78, 5) is 11.5. The fourth-order valence-corrected chi connectivity index (χ4v) is 2.72. The summed E-state index contributed by atoms with van der Waals surface area (Å²) in [5.74, 6) is 2.37. The van der Waals surface area contributed by atoms with E-state index in [4.69, 9.17) is 9.72 Å². The van der Waals surface area contributed by atoms with Crippen molar-refractivity contribution in [3.63, 3.8) is 0 Å². The molecule has 0 fully saturated rings. The summed E-state index contributed by atoms with van der Waals surface area (Å²) in [6.45, 7) is 6.59. The second-order valence-corrected chi connectivity index (χ2v) is 5.75. The Balaban J connectivity index is 1.90. The predicted octanol–water partition coefficient (Wildman–Crippen LogP) is 2.83. The van der Waals surface area contributed by atoms with E-state index in [-0.39, 0.29) is 0 Å². The number of hydrogen-bond acceptors (Lipinski definition) is 6.